The van der Waals surface area contributed by atoms with Gasteiger partial charge in [-0.05, 0) is 31.2 Å². The van der Waals surface area contributed by atoms with E-state index in [1.54, 1.807) is 6.20 Å². The predicted octanol–water partition coefficient (Wildman–Crippen LogP) is 3.45. The van der Waals surface area contributed by atoms with Gasteiger partial charge in [0.2, 0.25) is 5.91 Å². The lowest BCUT2D eigenvalue weighted by Crippen LogP contribution is -2.23. The summed E-state index contributed by atoms with van der Waals surface area (Å²) in [5.74, 6) is 5.93. The molecule has 0 spiro atoms. The summed E-state index contributed by atoms with van der Waals surface area (Å²) in [6.07, 6.45) is 1.77. The van der Waals surface area contributed by atoms with Gasteiger partial charge < -0.3 is 16.1 Å². The highest BCUT2D eigenvalue weighted by Crippen LogP contribution is 2.26. The number of nitrogens with two attached hydrogens (primary N) is 1. The highest BCUT2D eigenvalue weighted by molar-refractivity contribution is 8.00. The minimum Gasteiger partial charge on any atom is -0.378 e. The zero-order chi connectivity index (χ0) is 19.4. The van der Waals surface area contributed by atoms with Crippen LogP contribution in [-0.4, -0.2) is 34.9 Å². The average Bonchev–Trinajstić information content (AvgIpc) is 3.03. The summed E-state index contributed by atoms with van der Waals surface area (Å²) in [6, 6.07) is 17.5. The summed E-state index contributed by atoms with van der Waals surface area (Å²) in [5.41, 5.74) is 3.61. The molecule has 1 atom stereocenters. The quantitative estimate of drug-likeness (QED) is 0.505. The fourth-order valence-corrected chi connectivity index (χ4v) is 3.32. The van der Waals surface area contributed by atoms with Gasteiger partial charge >= 0.3 is 0 Å². The van der Waals surface area contributed by atoms with Crippen LogP contribution in [0.5, 0.6) is 0 Å². The van der Waals surface area contributed by atoms with Crippen molar-refractivity contribution in [2.75, 3.05) is 30.2 Å². The standard InChI is InChI=1S/C20H23N5OS/c1-14(19(26)22-16-9-11-17(12-10-16)24(2)3)27-20-23-18(13-25(20)21)15-7-5-4-6-8-15/h4-14H,21H2,1-3H3,(H,22,26)/t14-/m0/s1. The molecule has 0 saturated carbocycles. The second-order valence-corrected chi connectivity index (χ2v) is 7.68. The Hall–Kier alpha value is -2.93. The van der Waals surface area contributed by atoms with Crippen LogP contribution in [0.15, 0.2) is 66.0 Å². The zero-order valence-electron chi connectivity index (χ0n) is 15.6. The molecule has 27 heavy (non-hydrogen) atoms. The first kappa shape index (κ1) is 18.8. The first-order valence-electron chi connectivity index (χ1n) is 8.59. The third-order valence-electron chi connectivity index (χ3n) is 4.07. The first-order valence-corrected chi connectivity index (χ1v) is 9.47. The lowest BCUT2D eigenvalue weighted by molar-refractivity contribution is -0.115. The number of aromatic nitrogens is 2. The van der Waals surface area contributed by atoms with Gasteiger partial charge in [-0.2, -0.15) is 0 Å². The number of imidazole rings is 1. The fraction of sp³-hybridized carbons (Fsp3) is 0.200. The van der Waals surface area contributed by atoms with Crippen LogP contribution in [0.1, 0.15) is 6.92 Å². The molecule has 7 heteroatoms. The van der Waals surface area contributed by atoms with E-state index in [0.29, 0.717) is 5.16 Å². The smallest absolute Gasteiger partial charge is 0.237 e. The van der Waals surface area contributed by atoms with Crippen LogP contribution >= 0.6 is 11.8 Å². The third kappa shape index (κ3) is 4.62. The SMILES string of the molecule is C[C@H](Sc1nc(-c2ccccc2)cn1N)C(=O)Nc1ccc(N(C)C)cc1. The van der Waals surface area contributed by atoms with E-state index in [-0.39, 0.29) is 11.2 Å². The number of amides is 1. The lowest BCUT2D eigenvalue weighted by Gasteiger charge is -2.14. The van der Waals surface area contributed by atoms with Crippen molar-refractivity contribution in [3.8, 4) is 11.3 Å². The minimum atomic E-state index is -0.341. The molecule has 0 fully saturated rings. The molecule has 0 bridgehead atoms. The minimum absolute atomic E-state index is 0.0955. The van der Waals surface area contributed by atoms with Gasteiger partial charge in [-0.15, -0.1) is 0 Å². The second kappa shape index (κ2) is 8.18. The van der Waals surface area contributed by atoms with Crippen molar-refractivity contribution < 1.29 is 4.79 Å². The number of hydrogen-bond donors (Lipinski definition) is 2. The van der Waals surface area contributed by atoms with Crippen LogP contribution in [0.3, 0.4) is 0 Å². The fourth-order valence-electron chi connectivity index (χ4n) is 2.51. The lowest BCUT2D eigenvalue weighted by atomic mass is 10.2. The Morgan fingerprint density at radius 2 is 1.81 bits per heavy atom. The van der Waals surface area contributed by atoms with E-state index in [0.717, 1.165) is 22.6 Å². The van der Waals surface area contributed by atoms with Crippen molar-refractivity contribution in [1.82, 2.24) is 9.66 Å². The van der Waals surface area contributed by atoms with Crippen molar-refractivity contribution in [2.45, 2.75) is 17.3 Å². The Morgan fingerprint density at radius 1 is 1.15 bits per heavy atom. The molecule has 3 N–H and O–H groups in total. The number of anilines is 2. The molecule has 2 aromatic carbocycles. The molecule has 0 radical (unpaired) electrons. The number of nitrogen functional groups attached to an aromatic ring is 1. The molecule has 0 unspecified atom stereocenters. The van der Waals surface area contributed by atoms with E-state index in [1.807, 2.05) is 80.5 Å². The Labute approximate surface area is 163 Å². The summed E-state index contributed by atoms with van der Waals surface area (Å²) < 4.78 is 1.46. The molecule has 0 saturated heterocycles. The first-order chi connectivity index (χ1) is 12.9. The predicted molar refractivity (Wildman–Crippen MR) is 113 cm³/mol. The maximum atomic E-state index is 12.5. The Balaban J connectivity index is 1.65. The van der Waals surface area contributed by atoms with E-state index >= 15 is 0 Å². The van der Waals surface area contributed by atoms with Crippen LogP contribution in [0, 0.1) is 0 Å². The highest BCUT2D eigenvalue weighted by atomic mass is 32.2. The molecule has 0 aliphatic carbocycles. The van der Waals surface area contributed by atoms with E-state index in [4.69, 9.17) is 5.84 Å². The number of nitrogens with zero attached hydrogens (tertiary/aromatic N) is 3. The molecule has 3 rings (SSSR count). The van der Waals surface area contributed by atoms with E-state index in [1.165, 1.54) is 16.4 Å². The van der Waals surface area contributed by atoms with E-state index < -0.39 is 0 Å². The molecule has 0 aliphatic heterocycles. The number of nitrogens with one attached hydrogen (secondary N) is 1. The van der Waals surface area contributed by atoms with Crippen LogP contribution < -0.4 is 16.1 Å². The van der Waals surface area contributed by atoms with Crippen LogP contribution in [-0.2, 0) is 4.79 Å². The summed E-state index contributed by atoms with van der Waals surface area (Å²) in [4.78, 5) is 19.1. The van der Waals surface area contributed by atoms with Crippen molar-refractivity contribution in [1.29, 1.82) is 0 Å². The molecule has 140 valence electrons. The largest absolute Gasteiger partial charge is 0.378 e. The van der Waals surface area contributed by atoms with Gasteiger partial charge in [-0.1, -0.05) is 42.1 Å². The van der Waals surface area contributed by atoms with Gasteiger partial charge in [0.1, 0.15) is 0 Å². The molecule has 0 aliphatic rings. The number of thioether (sulfide) groups is 1. The second-order valence-electron chi connectivity index (χ2n) is 6.37. The summed E-state index contributed by atoms with van der Waals surface area (Å²) in [5, 5.41) is 3.19. The summed E-state index contributed by atoms with van der Waals surface area (Å²) >= 11 is 1.33. The number of benzene rings is 2. The van der Waals surface area contributed by atoms with Gasteiger partial charge in [-0.25, -0.2) is 9.66 Å². The summed E-state index contributed by atoms with van der Waals surface area (Å²) in [6.45, 7) is 1.84. The monoisotopic (exact) mass is 381 g/mol. The number of carbonyl (C=O) groups excluding carboxylic acids is 1. The molecule has 1 amide bonds. The zero-order valence-corrected chi connectivity index (χ0v) is 16.4. The Bertz CT molecular complexity index is 906. The molecule has 1 aromatic heterocycles. The van der Waals surface area contributed by atoms with Crippen molar-refractivity contribution in [3.05, 3.63) is 60.8 Å². The van der Waals surface area contributed by atoms with Crippen LogP contribution in [0.25, 0.3) is 11.3 Å². The topological polar surface area (TPSA) is 76.2 Å². The molecular formula is C20H23N5OS. The maximum Gasteiger partial charge on any atom is 0.237 e. The Morgan fingerprint density at radius 3 is 2.44 bits per heavy atom. The highest BCUT2D eigenvalue weighted by Gasteiger charge is 2.18. The third-order valence-corrected chi connectivity index (χ3v) is 5.15. The van der Waals surface area contributed by atoms with Gasteiger partial charge in [0, 0.05) is 31.0 Å². The summed E-state index contributed by atoms with van der Waals surface area (Å²) in [7, 11) is 3.95. The molecule has 1 heterocycles. The number of rotatable bonds is 6. The normalized spacial score (nSPS) is 11.8. The Kier molecular flexibility index (Phi) is 5.71. The van der Waals surface area contributed by atoms with E-state index in [2.05, 4.69) is 10.3 Å². The number of carbonyl (C=O) groups is 1. The van der Waals surface area contributed by atoms with Gasteiger partial charge in [0.25, 0.3) is 0 Å². The van der Waals surface area contributed by atoms with Crippen LogP contribution in [0.2, 0.25) is 0 Å². The molecular weight excluding hydrogens is 358 g/mol. The van der Waals surface area contributed by atoms with Crippen LogP contribution in [0.4, 0.5) is 11.4 Å². The molecule has 6 nitrogen and oxygen atoms in total. The maximum absolute atomic E-state index is 12.5. The van der Waals surface area contributed by atoms with Gasteiger partial charge in [0.05, 0.1) is 17.1 Å². The van der Waals surface area contributed by atoms with Crippen molar-refractivity contribution in [2.24, 2.45) is 0 Å². The number of hydrogen-bond acceptors (Lipinski definition) is 5. The average molecular weight is 382 g/mol. The van der Waals surface area contributed by atoms with Crippen molar-refractivity contribution in [3.63, 3.8) is 0 Å². The van der Waals surface area contributed by atoms with E-state index in [9.17, 15) is 4.79 Å². The van der Waals surface area contributed by atoms with Gasteiger partial charge in [0.15, 0.2) is 5.16 Å². The van der Waals surface area contributed by atoms with Gasteiger partial charge in [-0.3, -0.25) is 4.79 Å². The van der Waals surface area contributed by atoms with Crippen molar-refractivity contribution >= 4 is 29.0 Å². The molecule has 3 aromatic rings.